The van der Waals surface area contributed by atoms with Gasteiger partial charge in [0.15, 0.2) is 0 Å². The minimum Gasteiger partial charge on any atom is -0.496 e. The summed E-state index contributed by atoms with van der Waals surface area (Å²) in [7, 11) is 1.61. The number of nitrogens with one attached hydrogen (secondary N) is 1. The second-order valence-corrected chi connectivity index (χ2v) is 6.51. The van der Waals surface area contributed by atoms with E-state index in [1.807, 2.05) is 29.2 Å². The van der Waals surface area contributed by atoms with Crippen molar-refractivity contribution in [1.29, 1.82) is 0 Å². The molecule has 1 aromatic carbocycles. The van der Waals surface area contributed by atoms with Crippen molar-refractivity contribution in [3.63, 3.8) is 0 Å². The number of methoxy groups -OCH3 is 1. The Kier molecular flexibility index (Phi) is 6.14. The molecule has 26 heavy (non-hydrogen) atoms. The topological polar surface area (TPSA) is 87.6 Å². The van der Waals surface area contributed by atoms with E-state index < -0.39 is 6.10 Å². The third-order valence-corrected chi connectivity index (χ3v) is 4.61. The molecule has 0 aliphatic carbocycles. The van der Waals surface area contributed by atoms with Crippen molar-refractivity contribution in [2.45, 2.75) is 19.1 Å². The minimum absolute atomic E-state index is 0.0636. The summed E-state index contributed by atoms with van der Waals surface area (Å²) in [6.45, 7) is 1.85. The summed E-state index contributed by atoms with van der Waals surface area (Å²) in [4.78, 5) is 22.5. The fraction of sp³-hybridized carbons (Fsp3) is 0.421. The average molecular weight is 356 g/mol. The molecule has 7 nitrogen and oxygen atoms in total. The van der Waals surface area contributed by atoms with E-state index in [-0.39, 0.29) is 18.4 Å². The van der Waals surface area contributed by atoms with Crippen LogP contribution in [0, 0.1) is 5.92 Å². The fourth-order valence-corrected chi connectivity index (χ4v) is 3.28. The zero-order valence-electron chi connectivity index (χ0n) is 14.8. The van der Waals surface area contributed by atoms with Crippen LogP contribution >= 0.6 is 0 Å². The van der Waals surface area contributed by atoms with Gasteiger partial charge in [0.05, 0.1) is 25.5 Å². The molecule has 2 N–H and O–H groups in total. The Balaban J connectivity index is 1.47. The predicted molar refractivity (Wildman–Crippen MR) is 96.5 cm³/mol. The van der Waals surface area contributed by atoms with Crippen molar-refractivity contribution < 1.29 is 14.6 Å². The summed E-state index contributed by atoms with van der Waals surface area (Å²) < 4.78 is 5.29. The van der Waals surface area contributed by atoms with Crippen LogP contribution in [0.25, 0.3) is 0 Å². The Morgan fingerprint density at radius 2 is 2.19 bits per heavy atom. The highest BCUT2D eigenvalue weighted by atomic mass is 16.5. The molecule has 2 heterocycles. The van der Waals surface area contributed by atoms with Crippen LogP contribution in [0.3, 0.4) is 0 Å². The van der Waals surface area contributed by atoms with Gasteiger partial charge < -0.3 is 15.2 Å². The second-order valence-electron chi connectivity index (χ2n) is 6.51. The zero-order chi connectivity index (χ0) is 18.4. The lowest BCUT2D eigenvalue weighted by molar-refractivity contribution is -0.122. The highest BCUT2D eigenvalue weighted by molar-refractivity contribution is 5.78. The van der Waals surface area contributed by atoms with E-state index in [1.165, 1.54) is 0 Å². The van der Waals surface area contributed by atoms with Crippen molar-refractivity contribution in [3.05, 3.63) is 54.1 Å². The first-order valence-electron chi connectivity index (χ1n) is 8.69. The lowest BCUT2D eigenvalue weighted by atomic mass is 10.0. The molecular weight excluding hydrogens is 332 g/mol. The quantitative estimate of drug-likeness (QED) is 0.757. The van der Waals surface area contributed by atoms with Gasteiger partial charge in [-0.25, -0.2) is 0 Å². The number of aromatic nitrogens is 2. The summed E-state index contributed by atoms with van der Waals surface area (Å²) in [5, 5.41) is 13.2. The predicted octanol–water partition coefficient (Wildman–Crippen LogP) is 0.637. The molecule has 0 bridgehead atoms. The van der Waals surface area contributed by atoms with Crippen molar-refractivity contribution in [2.24, 2.45) is 5.92 Å². The van der Waals surface area contributed by atoms with E-state index in [0.29, 0.717) is 26.1 Å². The van der Waals surface area contributed by atoms with E-state index in [1.54, 1.807) is 25.7 Å². The molecule has 7 heteroatoms. The second kappa shape index (κ2) is 8.73. The van der Waals surface area contributed by atoms with Gasteiger partial charge in [-0.15, -0.1) is 0 Å². The number of amides is 1. The number of para-hydroxylation sites is 1. The molecule has 1 aliphatic rings. The minimum atomic E-state index is -0.459. The van der Waals surface area contributed by atoms with Gasteiger partial charge in [-0.3, -0.25) is 19.7 Å². The molecule has 1 aromatic heterocycles. The Bertz CT molecular complexity index is 726. The third-order valence-electron chi connectivity index (χ3n) is 4.61. The maximum Gasteiger partial charge on any atom is 0.234 e. The molecule has 0 radical (unpaired) electrons. The van der Waals surface area contributed by atoms with E-state index in [0.717, 1.165) is 17.0 Å². The van der Waals surface area contributed by atoms with Gasteiger partial charge >= 0.3 is 0 Å². The van der Waals surface area contributed by atoms with Crippen molar-refractivity contribution in [2.75, 3.05) is 26.7 Å². The molecule has 2 aromatic rings. The summed E-state index contributed by atoms with van der Waals surface area (Å²) in [5.74, 6) is 0.755. The standard InChI is InChI=1S/C19H24N4O3/c1-26-18-5-3-2-4-14(18)9-22-19(25)13-23-11-15(17(24)12-23)8-16-10-20-6-7-21-16/h2-7,10,15,17,24H,8-9,11-13H2,1H3,(H,22,25)/t15-,17-/m1/s1. The molecular formula is C19H24N4O3. The van der Waals surface area contributed by atoms with Crippen LogP contribution in [0.4, 0.5) is 0 Å². The first-order chi connectivity index (χ1) is 12.7. The van der Waals surface area contributed by atoms with Gasteiger partial charge in [-0.2, -0.15) is 0 Å². The Hall–Kier alpha value is -2.51. The summed E-state index contributed by atoms with van der Waals surface area (Å²) in [5.41, 5.74) is 1.80. The molecule has 2 atom stereocenters. The smallest absolute Gasteiger partial charge is 0.234 e. The van der Waals surface area contributed by atoms with Gasteiger partial charge in [0.2, 0.25) is 5.91 Å². The molecule has 3 rings (SSSR count). The Morgan fingerprint density at radius 3 is 2.96 bits per heavy atom. The van der Waals surface area contributed by atoms with Gasteiger partial charge in [-0.05, 0) is 12.5 Å². The molecule has 0 spiro atoms. The average Bonchev–Trinajstić information content (AvgIpc) is 3.00. The Morgan fingerprint density at radius 1 is 1.35 bits per heavy atom. The molecule has 0 unspecified atom stereocenters. The molecule has 1 saturated heterocycles. The SMILES string of the molecule is COc1ccccc1CNC(=O)CN1C[C@@H](Cc2cnccn2)[C@H](O)C1. The third kappa shape index (κ3) is 4.77. The van der Waals surface area contributed by atoms with Crippen LogP contribution in [-0.4, -0.2) is 58.7 Å². The highest BCUT2D eigenvalue weighted by Crippen LogP contribution is 2.20. The molecule has 1 fully saturated rings. The molecule has 1 aliphatic heterocycles. The summed E-state index contributed by atoms with van der Waals surface area (Å²) >= 11 is 0. The number of aliphatic hydroxyl groups excluding tert-OH is 1. The molecule has 138 valence electrons. The number of aliphatic hydroxyl groups is 1. The van der Waals surface area contributed by atoms with E-state index in [9.17, 15) is 9.90 Å². The van der Waals surface area contributed by atoms with Crippen LogP contribution in [0.1, 0.15) is 11.3 Å². The normalized spacial score (nSPS) is 20.1. The number of nitrogens with zero attached hydrogens (tertiary/aromatic N) is 3. The van der Waals surface area contributed by atoms with Gasteiger partial charge in [0.25, 0.3) is 0 Å². The van der Waals surface area contributed by atoms with E-state index in [2.05, 4.69) is 15.3 Å². The zero-order valence-corrected chi connectivity index (χ0v) is 14.8. The first kappa shape index (κ1) is 18.3. The summed E-state index contributed by atoms with van der Waals surface area (Å²) in [6.07, 6.45) is 5.20. The number of carbonyl (C=O) groups excluding carboxylic acids is 1. The van der Waals surface area contributed by atoms with Crippen molar-refractivity contribution in [3.8, 4) is 5.75 Å². The van der Waals surface area contributed by atoms with Crippen LogP contribution in [-0.2, 0) is 17.8 Å². The van der Waals surface area contributed by atoms with Crippen LogP contribution in [0.15, 0.2) is 42.9 Å². The summed E-state index contributed by atoms with van der Waals surface area (Å²) in [6, 6.07) is 7.61. The first-order valence-corrected chi connectivity index (χ1v) is 8.69. The number of likely N-dealkylation sites (tertiary alicyclic amines) is 1. The van der Waals surface area contributed by atoms with E-state index >= 15 is 0 Å². The monoisotopic (exact) mass is 356 g/mol. The van der Waals surface area contributed by atoms with Crippen LogP contribution in [0.2, 0.25) is 0 Å². The maximum absolute atomic E-state index is 12.2. The Labute approximate surface area is 153 Å². The van der Waals surface area contributed by atoms with Gasteiger partial charge in [0.1, 0.15) is 5.75 Å². The lowest BCUT2D eigenvalue weighted by Crippen LogP contribution is -2.36. The largest absolute Gasteiger partial charge is 0.496 e. The maximum atomic E-state index is 12.2. The highest BCUT2D eigenvalue weighted by Gasteiger charge is 2.32. The fourth-order valence-electron chi connectivity index (χ4n) is 3.28. The number of β-amino-alcohol motifs (C(OH)–C–C–N with tert-alkyl or cyclic N) is 1. The lowest BCUT2D eigenvalue weighted by Gasteiger charge is -2.16. The number of ether oxygens (including phenoxy) is 1. The number of carbonyl (C=O) groups is 1. The number of hydrogen-bond donors (Lipinski definition) is 2. The van der Waals surface area contributed by atoms with Gasteiger partial charge in [-0.1, -0.05) is 18.2 Å². The van der Waals surface area contributed by atoms with Crippen LogP contribution in [0.5, 0.6) is 5.75 Å². The van der Waals surface area contributed by atoms with Gasteiger partial charge in [0, 0.05) is 49.7 Å². The van der Waals surface area contributed by atoms with Crippen LogP contribution < -0.4 is 10.1 Å². The number of rotatable bonds is 7. The number of hydrogen-bond acceptors (Lipinski definition) is 6. The molecule has 1 amide bonds. The number of benzene rings is 1. The molecule has 0 saturated carbocycles. The van der Waals surface area contributed by atoms with Crippen molar-refractivity contribution in [1.82, 2.24) is 20.2 Å². The van der Waals surface area contributed by atoms with Crippen molar-refractivity contribution >= 4 is 5.91 Å². The van der Waals surface area contributed by atoms with E-state index in [4.69, 9.17) is 4.74 Å².